The molecule has 0 amide bonds. The van der Waals surface area contributed by atoms with E-state index in [0.717, 1.165) is 22.7 Å². The Morgan fingerprint density at radius 2 is 1.08 bits per heavy atom. The van der Waals surface area contributed by atoms with Crippen molar-refractivity contribution in [1.29, 1.82) is 0 Å². The lowest BCUT2D eigenvalue weighted by molar-refractivity contribution is 0.661. The summed E-state index contributed by atoms with van der Waals surface area (Å²) in [5.74, 6) is 0. The fourth-order valence-corrected chi connectivity index (χ4v) is 11.2. The van der Waals surface area contributed by atoms with Crippen LogP contribution in [-0.2, 0) is 5.41 Å². The number of anilines is 3. The molecule has 0 spiro atoms. The molecule has 2 aromatic heterocycles. The Bertz CT molecular complexity index is 3450. The normalized spacial score (nSPS) is 13.0. The third-order valence-electron chi connectivity index (χ3n) is 12.8. The van der Waals surface area contributed by atoms with Crippen LogP contribution in [0, 0.1) is 0 Å². The number of hydrogen-bond donors (Lipinski definition) is 0. The molecule has 0 radical (unpaired) electrons. The Hall–Kier alpha value is -7.20. The highest BCUT2D eigenvalue weighted by Gasteiger charge is 2.37. The number of thiophene rings is 1. The Morgan fingerprint density at radius 3 is 1.92 bits per heavy atom. The molecule has 0 unspecified atom stereocenters. The molecule has 0 bridgehead atoms. The molecule has 12 rings (SSSR count). The summed E-state index contributed by atoms with van der Waals surface area (Å²) in [4.78, 5) is 2.41. The van der Waals surface area contributed by atoms with Gasteiger partial charge in [0.25, 0.3) is 0 Å². The first-order valence-corrected chi connectivity index (χ1v) is 21.6. The van der Waals surface area contributed by atoms with Crippen LogP contribution in [0.5, 0.6) is 0 Å². The summed E-state index contributed by atoms with van der Waals surface area (Å²) >= 11 is 1.88. The summed E-state index contributed by atoms with van der Waals surface area (Å²) in [7, 11) is 0. The fourth-order valence-electron chi connectivity index (χ4n) is 9.97. The minimum Gasteiger partial charge on any atom is -0.310 e. The molecular weight excluding hydrogens is 745 g/mol. The fraction of sp³-hybridized carbons (Fsp3) is 0.0526. The third-order valence-corrected chi connectivity index (χ3v) is 14.0. The van der Waals surface area contributed by atoms with E-state index in [1.165, 1.54) is 86.5 Å². The van der Waals surface area contributed by atoms with E-state index in [2.05, 4.69) is 230 Å². The smallest absolute Gasteiger partial charge is 0.0547 e. The van der Waals surface area contributed by atoms with Crippen LogP contribution in [0.25, 0.3) is 81.0 Å². The van der Waals surface area contributed by atoms with Gasteiger partial charge in [-0.1, -0.05) is 159 Å². The van der Waals surface area contributed by atoms with Crippen LogP contribution in [0.15, 0.2) is 206 Å². The van der Waals surface area contributed by atoms with Crippen LogP contribution < -0.4 is 4.90 Å². The molecule has 0 aliphatic heterocycles. The van der Waals surface area contributed by atoms with Crippen molar-refractivity contribution in [1.82, 2.24) is 4.57 Å². The average molecular weight is 785 g/mol. The number of fused-ring (bicyclic) bond motifs is 10. The van der Waals surface area contributed by atoms with Crippen LogP contribution in [-0.4, -0.2) is 4.57 Å². The van der Waals surface area contributed by atoms with Gasteiger partial charge in [-0.25, -0.2) is 0 Å². The van der Waals surface area contributed by atoms with Crippen LogP contribution in [0.4, 0.5) is 17.1 Å². The Labute approximate surface area is 353 Å². The molecule has 2 nitrogen and oxygen atoms in total. The van der Waals surface area contributed by atoms with Crippen LogP contribution >= 0.6 is 11.3 Å². The number of rotatable bonds is 6. The van der Waals surface area contributed by atoms with Gasteiger partial charge in [-0.15, -0.1) is 11.3 Å². The second-order valence-corrected chi connectivity index (χ2v) is 17.6. The van der Waals surface area contributed by atoms with E-state index in [9.17, 15) is 0 Å². The van der Waals surface area contributed by atoms with Crippen molar-refractivity contribution in [2.45, 2.75) is 19.3 Å². The molecular formula is C57H40N2S. The van der Waals surface area contributed by atoms with Gasteiger partial charge in [-0.05, 0) is 105 Å². The Balaban J connectivity index is 1.15. The van der Waals surface area contributed by atoms with Crippen molar-refractivity contribution < 1.29 is 0 Å². The van der Waals surface area contributed by atoms with Gasteiger partial charge in [0, 0.05) is 59.1 Å². The van der Waals surface area contributed by atoms with Gasteiger partial charge in [-0.3, -0.25) is 0 Å². The Morgan fingerprint density at radius 1 is 0.433 bits per heavy atom. The van der Waals surface area contributed by atoms with E-state index in [-0.39, 0.29) is 5.41 Å². The van der Waals surface area contributed by atoms with E-state index < -0.39 is 0 Å². The zero-order valence-corrected chi connectivity index (χ0v) is 34.2. The second kappa shape index (κ2) is 13.4. The molecule has 0 fully saturated rings. The molecule has 0 N–H and O–H groups in total. The molecule has 60 heavy (non-hydrogen) atoms. The molecule has 3 heteroatoms. The summed E-state index contributed by atoms with van der Waals surface area (Å²) in [6.45, 7) is 4.75. The van der Waals surface area contributed by atoms with Gasteiger partial charge >= 0.3 is 0 Å². The van der Waals surface area contributed by atoms with E-state index >= 15 is 0 Å². The van der Waals surface area contributed by atoms with E-state index in [1.807, 2.05) is 11.3 Å². The summed E-state index contributed by atoms with van der Waals surface area (Å²) < 4.78 is 5.12. The lowest BCUT2D eigenvalue weighted by Crippen LogP contribution is -2.14. The molecule has 284 valence electrons. The highest BCUT2D eigenvalue weighted by molar-refractivity contribution is 7.26. The summed E-state index contributed by atoms with van der Waals surface area (Å²) in [6, 6.07) is 76.0. The molecule has 0 atom stereocenters. The monoisotopic (exact) mass is 784 g/mol. The zero-order chi connectivity index (χ0) is 40.0. The number of para-hydroxylation sites is 2. The highest BCUT2D eigenvalue weighted by atomic mass is 32.1. The SMILES string of the molecule is CC1(C)c2ccccc2-c2c1ccc1c2c2ccccc2n1-c1cc(-c2cccc3c2sc2ccccc23)cc(N(c2ccccc2)c2ccc(-c3ccccc3)cc2)c1. The van der Waals surface area contributed by atoms with Crippen LogP contribution in [0.1, 0.15) is 25.0 Å². The molecule has 0 saturated carbocycles. The summed E-state index contributed by atoms with van der Waals surface area (Å²) in [5, 5.41) is 5.19. The van der Waals surface area contributed by atoms with Gasteiger partial charge in [0.1, 0.15) is 0 Å². The number of aromatic nitrogens is 1. The third kappa shape index (κ3) is 5.26. The van der Waals surface area contributed by atoms with E-state index in [4.69, 9.17) is 0 Å². The molecule has 0 saturated heterocycles. The number of benzene rings is 9. The van der Waals surface area contributed by atoms with Crippen LogP contribution in [0.2, 0.25) is 0 Å². The van der Waals surface area contributed by atoms with Crippen molar-refractivity contribution >= 4 is 70.4 Å². The van der Waals surface area contributed by atoms with Crippen molar-refractivity contribution in [3.8, 4) is 39.1 Å². The summed E-state index contributed by atoms with van der Waals surface area (Å²) in [5.41, 5.74) is 17.0. The largest absolute Gasteiger partial charge is 0.310 e. The van der Waals surface area contributed by atoms with Gasteiger partial charge in [-0.2, -0.15) is 0 Å². The van der Waals surface area contributed by atoms with E-state index in [1.54, 1.807) is 0 Å². The van der Waals surface area contributed by atoms with Crippen molar-refractivity contribution in [3.63, 3.8) is 0 Å². The maximum Gasteiger partial charge on any atom is 0.0547 e. The average Bonchev–Trinajstić information content (AvgIpc) is 3.93. The summed E-state index contributed by atoms with van der Waals surface area (Å²) in [6.07, 6.45) is 0. The van der Waals surface area contributed by atoms with E-state index in [0.29, 0.717) is 0 Å². The lowest BCUT2D eigenvalue weighted by Gasteiger charge is -2.27. The molecule has 1 aliphatic rings. The predicted octanol–water partition coefficient (Wildman–Crippen LogP) is 16.3. The molecule has 2 heterocycles. The minimum atomic E-state index is -0.0917. The maximum absolute atomic E-state index is 2.51. The first kappa shape index (κ1) is 34.8. The van der Waals surface area contributed by atoms with Gasteiger partial charge in [0.15, 0.2) is 0 Å². The van der Waals surface area contributed by atoms with Crippen molar-refractivity contribution in [3.05, 3.63) is 217 Å². The second-order valence-electron chi connectivity index (χ2n) is 16.5. The molecule has 9 aromatic carbocycles. The predicted molar refractivity (Wildman–Crippen MR) is 257 cm³/mol. The Kier molecular flexibility index (Phi) is 7.79. The topological polar surface area (TPSA) is 8.17 Å². The standard InChI is InChI=1S/C57H40N2S/c1-57(2)49-25-12-9-21-47(49)54-50(57)32-33-52-55(54)48-22-10-13-26-51(48)59(52)43-35-39(44-23-15-24-46-45-20-11-14-27-53(45)60-56(44)46)34-42(36-43)58(40-18-7-4-8-19-40)41-30-28-38(29-31-41)37-16-5-3-6-17-37/h3-36H,1-2H3. The first-order valence-electron chi connectivity index (χ1n) is 20.8. The molecule has 11 aromatic rings. The lowest BCUT2D eigenvalue weighted by atomic mass is 9.82. The van der Waals surface area contributed by atoms with Gasteiger partial charge in [0.05, 0.1) is 11.0 Å². The highest BCUT2D eigenvalue weighted by Crippen LogP contribution is 2.53. The number of nitrogens with zero attached hydrogens (tertiary/aromatic N) is 2. The van der Waals surface area contributed by atoms with Crippen molar-refractivity contribution in [2.24, 2.45) is 0 Å². The quantitative estimate of drug-likeness (QED) is 0.163. The maximum atomic E-state index is 2.51. The zero-order valence-electron chi connectivity index (χ0n) is 33.4. The van der Waals surface area contributed by atoms with Crippen LogP contribution in [0.3, 0.4) is 0 Å². The molecule has 1 aliphatic carbocycles. The van der Waals surface area contributed by atoms with Gasteiger partial charge < -0.3 is 9.47 Å². The van der Waals surface area contributed by atoms with Crippen molar-refractivity contribution in [2.75, 3.05) is 4.90 Å². The van der Waals surface area contributed by atoms with Gasteiger partial charge in [0.2, 0.25) is 0 Å². The first-order chi connectivity index (χ1) is 29.5. The minimum absolute atomic E-state index is 0.0917. The number of hydrogen-bond acceptors (Lipinski definition) is 2.